The van der Waals surface area contributed by atoms with E-state index in [9.17, 15) is 4.79 Å². The van der Waals surface area contributed by atoms with Crippen molar-refractivity contribution in [3.05, 3.63) is 24.4 Å². The Hall–Kier alpha value is -1.71. The molecule has 0 bridgehead atoms. The minimum atomic E-state index is -0.132. The van der Waals surface area contributed by atoms with Gasteiger partial charge < -0.3 is 15.2 Å². The number of carbonyl (C=O) groups excluding carboxylic acids is 1. The van der Waals surface area contributed by atoms with Crippen LogP contribution in [0.1, 0.15) is 44.0 Å². The van der Waals surface area contributed by atoms with Crippen LogP contribution in [0.2, 0.25) is 0 Å². The second-order valence-corrected chi connectivity index (χ2v) is 5.88. The molecular formula is C15H23N3O. The Balaban J connectivity index is 2.21. The van der Waals surface area contributed by atoms with Crippen LogP contribution in [-0.2, 0) is 0 Å². The van der Waals surface area contributed by atoms with Crippen LogP contribution >= 0.6 is 0 Å². The van der Waals surface area contributed by atoms with Crippen molar-refractivity contribution in [1.29, 1.82) is 0 Å². The van der Waals surface area contributed by atoms with E-state index in [4.69, 9.17) is 0 Å². The molecule has 4 heteroatoms. The second-order valence-electron chi connectivity index (χ2n) is 5.88. The van der Waals surface area contributed by atoms with E-state index in [0.29, 0.717) is 11.5 Å². The quantitative estimate of drug-likeness (QED) is 0.856. The SMILES string of the molecule is C=C(C)n1ccc(C(=O)NC(C)(C)C2CC2)c1NC. The molecule has 0 aliphatic heterocycles. The number of carbonyl (C=O) groups is 1. The van der Waals surface area contributed by atoms with E-state index >= 15 is 0 Å². The summed E-state index contributed by atoms with van der Waals surface area (Å²) in [6.07, 6.45) is 4.28. The van der Waals surface area contributed by atoms with E-state index in [1.54, 1.807) is 0 Å². The van der Waals surface area contributed by atoms with Gasteiger partial charge in [0.05, 0.1) is 5.56 Å². The van der Waals surface area contributed by atoms with Crippen molar-refractivity contribution in [2.45, 2.75) is 39.2 Å². The van der Waals surface area contributed by atoms with Gasteiger partial charge in [0.25, 0.3) is 5.91 Å². The lowest BCUT2D eigenvalue weighted by Crippen LogP contribution is -2.45. The highest BCUT2D eigenvalue weighted by atomic mass is 16.1. The molecule has 4 nitrogen and oxygen atoms in total. The predicted molar refractivity (Wildman–Crippen MR) is 79.3 cm³/mol. The van der Waals surface area contributed by atoms with Gasteiger partial charge in [-0.3, -0.25) is 4.79 Å². The average Bonchev–Trinajstić information content (AvgIpc) is 3.07. The fourth-order valence-corrected chi connectivity index (χ4v) is 2.46. The summed E-state index contributed by atoms with van der Waals surface area (Å²) in [6.45, 7) is 10.0. The summed E-state index contributed by atoms with van der Waals surface area (Å²) in [5.74, 6) is 1.37. The molecule has 1 aromatic heterocycles. The summed E-state index contributed by atoms with van der Waals surface area (Å²) < 4.78 is 1.89. The molecule has 0 spiro atoms. The molecule has 2 N–H and O–H groups in total. The highest BCUT2D eigenvalue weighted by molar-refractivity contribution is 6.00. The zero-order valence-electron chi connectivity index (χ0n) is 12.2. The van der Waals surface area contributed by atoms with Crippen molar-refractivity contribution < 1.29 is 4.79 Å². The van der Waals surface area contributed by atoms with Crippen LogP contribution in [-0.4, -0.2) is 23.1 Å². The van der Waals surface area contributed by atoms with Crippen LogP contribution in [0.4, 0.5) is 5.82 Å². The first kappa shape index (κ1) is 13.7. The molecule has 0 saturated heterocycles. The maximum absolute atomic E-state index is 12.4. The lowest BCUT2D eigenvalue weighted by Gasteiger charge is -2.26. The Kier molecular flexibility index (Phi) is 3.43. The van der Waals surface area contributed by atoms with Crippen molar-refractivity contribution in [1.82, 2.24) is 9.88 Å². The van der Waals surface area contributed by atoms with E-state index in [1.807, 2.05) is 30.8 Å². The van der Waals surface area contributed by atoms with Gasteiger partial charge in [-0.2, -0.15) is 0 Å². The molecule has 1 fully saturated rings. The van der Waals surface area contributed by atoms with Crippen molar-refractivity contribution in [3.63, 3.8) is 0 Å². The number of aromatic nitrogens is 1. The number of anilines is 1. The summed E-state index contributed by atoms with van der Waals surface area (Å²) in [5.41, 5.74) is 1.41. The lowest BCUT2D eigenvalue weighted by atomic mass is 9.98. The Morgan fingerprint density at radius 1 is 1.47 bits per heavy atom. The first-order valence-electron chi connectivity index (χ1n) is 6.74. The van der Waals surface area contributed by atoms with E-state index in [-0.39, 0.29) is 11.4 Å². The van der Waals surface area contributed by atoms with Crippen LogP contribution < -0.4 is 10.6 Å². The lowest BCUT2D eigenvalue weighted by molar-refractivity contribution is 0.0904. The highest BCUT2D eigenvalue weighted by Crippen LogP contribution is 2.39. The standard InChI is InChI=1S/C15H23N3O/c1-10(2)18-9-8-12(13(18)16-5)14(19)17-15(3,4)11-6-7-11/h8-9,11,16H,1,6-7H2,2-5H3,(H,17,19). The van der Waals surface area contributed by atoms with Gasteiger partial charge in [0.15, 0.2) is 0 Å². The van der Waals surface area contributed by atoms with Gasteiger partial charge in [0, 0.05) is 24.5 Å². The first-order valence-corrected chi connectivity index (χ1v) is 6.74. The molecule has 0 radical (unpaired) electrons. The Morgan fingerprint density at radius 2 is 2.11 bits per heavy atom. The second kappa shape index (κ2) is 4.76. The Labute approximate surface area is 114 Å². The highest BCUT2D eigenvalue weighted by Gasteiger charge is 2.39. The van der Waals surface area contributed by atoms with Gasteiger partial charge in [-0.15, -0.1) is 0 Å². The van der Waals surface area contributed by atoms with Gasteiger partial charge in [-0.25, -0.2) is 0 Å². The Morgan fingerprint density at radius 3 is 2.58 bits per heavy atom. The number of hydrogen-bond acceptors (Lipinski definition) is 2. The number of hydrogen-bond donors (Lipinski definition) is 2. The third kappa shape index (κ3) is 2.67. The molecule has 1 aliphatic carbocycles. The third-order valence-corrected chi connectivity index (χ3v) is 3.81. The van der Waals surface area contributed by atoms with Gasteiger partial charge in [0.2, 0.25) is 0 Å². The summed E-state index contributed by atoms with van der Waals surface area (Å²) in [7, 11) is 1.82. The minimum absolute atomic E-state index is 0.0266. The zero-order valence-corrected chi connectivity index (χ0v) is 12.2. The summed E-state index contributed by atoms with van der Waals surface area (Å²) >= 11 is 0. The molecule has 2 rings (SSSR count). The molecule has 1 aromatic rings. The van der Waals surface area contributed by atoms with E-state index in [2.05, 4.69) is 31.1 Å². The number of nitrogens with zero attached hydrogens (tertiary/aromatic N) is 1. The van der Waals surface area contributed by atoms with Gasteiger partial charge in [-0.1, -0.05) is 6.58 Å². The molecule has 0 unspecified atom stereocenters. The van der Waals surface area contributed by atoms with Crippen molar-refractivity contribution in [2.75, 3.05) is 12.4 Å². The molecule has 1 saturated carbocycles. The summed E-state index contributed by atoms with van der Waals surface area (Å²) in [5, 5.41) is 6.22. The maximum Gasteiger partial charge on any atom is 0.255 e. The van der Waals surface area contributed by atoms with Crippen molar-refractivity contribution >= 4 is 17.4 Å². The first-order chi connectivity index (χ1) is 8.86. The van der Waals surface area contributed by atoms with Crippen molar-refractivity contribution in [2.24, 2.45) is 5.92 Å². The largest absolute Gasteiger partial charge is 0.374 e. The van der Waals surface area contributed by atoms with Crippen LogP contribution in [0.5, 0.6) is 0 Å². The fraction of sp³-hybridized carbons (Fsp3) is 0.533. The molecule has 0 atom stereocenters. The topological polar surface area (TPSA) is 46.1 Å². The van der Waals surface area contributed by atoms with Gasteiger partial charge >= 0.3 is 0 Å². The average molecular weight is 261 g/mol. The zero-order chi connectivity index (χ0) is 14.2. The molecule has 1 heterocycles. The van der Waals surface area contributed by atoms with Crippen molar-refractivity contribution in [3.8, 4) is 0 Å². The van der Waals surface area contributed by atoms with E-state index in [0.717, 1.165) is 11.5 Å². The molecular weight excluding hydrogens is 238 g/mol. The molecule has 19 heavy (non-hydrogen) atoms. The predicted octanol–water partition coefficient (Wildman–Crippen LogP) is 2.94. The molecule has 104 valence electrons. The summed E-state index contributed by atoms with van der Waals surface area (Å²) in [4.78, 5) is 12.4. The van der Waals surface area contributed by atoms with Crippen LogP contribution in [0.3, 0.4) is 0 Å². The third-order valence-electron chi connectivity index (χ3n) is 3.81. The smallest absolute Gasteiger partial charge is 0.255 e. The number of amides is 1. The monoisotopic (exact) mass is 261 g/mol. The van der Waals surface area contributed by atoms with Crippen LogP contribution in [0.25, 0.3) is 5.70 Å². The minimum Gasteiger partial charge on any atom is -0.374 e. The van der Waals surface area contributed by atoms with Gasteiger partial charge in [-0.05, 0) is 45.6 Å². The summed E-state index contributed by atoms with van der Waals surface area (Å²) in [6, 6.07) is 1.83. The van der Waals surface area contributed by atoms with E-state index < -0.39 is 0 Å². The van der Waals surface area contributed by atoms with Crippen LogP contribution in [0, 0.1) is 5.92 Å². The number of rotatable bonds is 5. The Bertz CT molecular complexity index is 509. The van der Waals surface area contributed by atoms with Crippen LogP contribution in [0.15, 0.2) is 18.8 Å². The molecule has 1 aliphatic rings. The normalized spacial score (nSPS) is 15.2. The van der Waals surface area contributed by atoms with E-state index in [1.165, 1.54) is 12.8 Å². The number of nitrogens with one attached hydrogen (secondary N) is 2. The molecule has 1 amide bonds. The number of allylic oxidation sites excluding steroid dienone is 1. The maximum atomic E-state index is 12.4. The van der Waals surface area contributed by atoms with Gasteiger partial charge in [0.1, 0.15) is 5.82 Å². The fourth-order valence-electron chi connectivity index (χ4n) is 2.46. The molecule has 0 aromatic carbocycles.